The molecule has 1 heterocycles. The van der Waals surface area contributed by atoms with Gasteiger partial charge in [-0.2, -0.15) is 0 Å². The Balaban J connectivity index is 1.85. The van der Waals surface area contributed by atoms with Crippen LogP contribution < -0.4 is 10.9 Å². The van der Waals surface area contributed by atoms with Crippen LogP contribution in [0.4, 0.5) is 0 Å². The van der Waals surface area contributed by atoms with Gasteiger partial charge in [0.15, 0.2) is 0 Å². The molecule has 2 heteroatoms. The predicted molar refractivity (Wildman–Crippen MR) is 41.5 cm³/mol. The van der Waals surface area contributed by atoms with Gasteiger partial charge in [-0.3, -0.25) is 10.9 Å². The molecule has 1 aliphatic heterocycles. The van der Waals surface area contributed by atoms with E-state index >= 15 is 0 Å². The first kappa shape index (κ1) is 6.62. The highest BCUT2D eigenvalue weighted by molar-refractivity contribution is 4.82. The maximum Gasteiger partial charge on any atom is 0.0253 e. The summed E-state index contributed by atoms with van der Waals surface area (Å²) in [4.78, 5) is 0. The lowest BCUT2D eigenvalue weighted by molar-refractivity contribution is 0.384. The normalized spacial score (nSPS) is 35.4. The van der Waals surface area contributed by atoms with E-state index in [0.717, 1.165) is 12.0 Å². The Kier molecular flexibility index (Phi) is 1.91. The van der Waals surface area contributed by atoms with Gasteiger partial charge in [-0.15, -0.1) is 0 Å². The zero-order chi connectivity index (χ0) is 6.81. The van der Waals surface area contributed by atoms with E-state index in [1.165, 1.54) is 38.6 Å². The van der Waals surface area contributed by atoms with Crippen LogP contribution in [0.5, 0.6) is 0 Å². The summed E-state index contributed by atoms with van der Waals surface area (Å²) < 4.78 is 0. The predicted octanol–water partition coefficient (Wildman–Crippen LogP) is 1.04. The van der Waals surface area contributed by atoms with Gasteiger partial charge >= 0.3 is 0 Å². The van der Waals surface area contributed by atoms with E-state index in [2.05, 4.69) is 10.9 Å². The molecule has 2 N–H and O–H groups in total. The van der Waals surface area contributed by atoms with Crippen molar-refractivity contribution in [1.29, 1.82) is 0 Å². The monoisotopic (exact) mass is 140 g/mol. The smallest absolute Gasteiger partial charge is 0.0253 e. The average molecular weight is 140 g/mol. The van der Waals surface area contributed by atoms with E-state index in [1.54, 1.807) is 0 Å². The fourth-order valence-electron chi connectivity index (χ4n) is 2.22. The summed E-state index contributed by atoms with van der Waals surface area (Å²) in [6.45, 7) is 1.17. The Bertz CT molecular complexity index is 87.8. The number of nitrogens with one attached hydrogen (secondary N) is 2. The quantitative estimate of drug-likeness (QED) is 0.568. The minimum Gasteiger partial charge on any atom is -0.258 e. The minimum atomic E-state index is 0.794. The van der Waals surface area contributed by atoms with Crippen molar-refractivity contribution < 1.29 is 0 Å². The van der Waals surface area contributed by atoms with Crippen molar-refractivity contribution >= 4 is 0 Å². The van der Waals surface area contributed by atoms with Crippen molar-refractivity contribution in [3.8, 4) is 0 Å². The van der Waals surface area contributed by atoms with Gasteiger partial charge in [0.25, 0.3) is 0 Å². The molecule has 0 bridgehead atoms. The van der Waals surface area contributed by atoms with E-state index in [-0.39, 0.29) is 0 Å². The SMILES string of the molecule is C1CCC([C@H]2CCNN2)C1. The second-order valence-electron chi connectivity index (χ2n) is 3.51. The molecule has 2 fully saturated rings. The molecule has 2 rings (SSSR count). The van der Waals surface area contributed by atoms with Crippen molar-refractivity contribution in [2.24, 2.45) is 5.92 Å². The third-order valence-electron chi connectivity index (χ3n) is 2.84. The Morgan fingerprint density at radius 3 is 2.40 bits per heavy atom. The standard InChI is InChI=1S/C8H16N2/c1-2-4-7(3-1)8-5-6-9-10-8/h7-10H,1-6H2/t8-/m1/s1. The fraction of sp³-hybridized carbons (Fsp3) is 1.00. The van der Waals surface area contributed by atoms with Crippen molar-refractivity contribution in [2.75, 3.05) is 6.54 Å². The minimum absolute atomic E-state index is 0.794. The maximum atomic E-state index is 3.35. The lowest BCUT2D eigenvalue weighted by Gasteiger charge is -2.16. The van der Waals surface area contributed by atoms with Gasteiger partial charge in [0, 0.05) is 12.6 Å². The Morgan fingerprint density at radius 2 is 1.80 bits per heavy atom. The molecule has 2 aliphatic rings. The lowest BCUT2D eigenvalue weighted by atomic mass is 9.97. The third kappa shape index (κ3) is 1.18. The number of rotatable bonds is 1. The van der Waals surface area contributed by atoms with Gasteiger partial charge in [0.2, 0.25) is 0 Å². The molecular formula is C8H16N2. The van der Waals surface area contributed by atoms with Gasteiger partial charge in [-0.05, 0) is 25.2 Å². The van der Waals surface area contributed by atoms with Crippen molar-refractivity contribution in [2.45, 2.75) is 38.1 Å². The first-order valence-corrected chi connectivity index (χ1v) is 4.45. The largest absolute Gasteiger partial charge is 0.258 e. The zero-order valence-corrected chi connectivity index (χ0v) is 6.40. The van der Waals surface area contributed by atoms with Crippen LogP contribution in [0.2, 0.25) is 0 Å². The summed E-state index contributed by atoms with van der Waals surface area (Å²) in [5.41, 5.74) is 6.55. The lowest BCUT2D eigenvalue weighted by Crippen LogP contribution is -2.34. The van der Waals surface area contributed by atoms with Crippen LogP contribution in [0, 0.1) is 5.92 Å². The molecule has 10 heavy (non-hydrogen) atoms. The Hall–Kier alpha value is -0.0800. The topological polar surface area (TPSA) is 24.1 Å². The summed E-state index contributed by atoms with van der Waals surface area (Å²) in [6.07, 6.45) is 7.18. The molecule has 0 aromatic rings. The Morgan fingerprint density at radius 1 is 1.00 bits per heavy atom. The molecular weight excluding hydrogens is 124 g/mol. The molecule has 1 saturated heterocycles. The summed E-state index contributed by atoms with van der Waals surface area (Å²) in [6, 6.07) is 0.794. The molecule has 1 aliphatic carbocycles. The molecule has 0 radical (unpaired) electrons. The highest BCUT2D eigenvalue weighted by Crippen LogP contribution is 2.29. The molecule has 0 amide bonds. The number of hydrogen-bond donors (Lipinski definition) is 2. The van der Waals surface area contributed by atoms with Crippen LogP contribution >= 0.6 is 0 Å². The molecule has 58 valence electrons. The van der Waals surface area contributed by atoms with Crippen LogP contribution in [-0.2, 0) is 0 Å². The molecule has 0 spiro atoms. The van der Waals surface area contributed by atoms with Crippen LogP contribution in [0.25, 0.3) is 0 Å². The van der Waals surface area contributed by atoms with Gasteiger partial charge in [-0.25, -0.2) is 0 Å². The number of hydrogen-bond acceptors (Lipinski definition) is 2. The molecule has 0 unspecified atom stereocenters. The highest BCUT2D eigenvalue weighted by atomic mass is 15.4. The van der Waals surface area contributed by atoms with Crippen LogP contribution in [0.15, 0.2) is 0 Å². The van der Waals surface area contributed by atoms with Crippen LogP contribution in [0.1, 0.15) is 32.1 Å². The summed E-state index contributed by atoms with van der Waals surface area (Å²) in [5.74, 6) is 0.981. The number of hydrazine groups is 1. The first-order chi connectivity index (χ1) is 4.97. The van der Waals surface area contributed by atoms with E-state index in [4.69, 9.17) is 0 Å². The molecule has 0 aromatic carbocycles. The molecule has 1 atom stereocenters. The van der Waals surface area contributed by atoms with Gasteiger partial charge in [0.05, 0.1) is 0 Å². The second kappa shape index (κ2) is 2.89. The van der Waals surface area contributed by atoms with Gasteiger partial charge < -0.3 is 0 Å². The molecule has 2 nitrogen and oxygen atoms in total. The highest BCUT2D eigenvalue weighted by Gasteiger charge is 2.26. The molecule has 1 saturated carbocycles. The second-order valence-corrected chi connectivity index (χ2v) is 3.51. The van der Waals surface area contributed by atoms with Gasteiger partial charge in [0.1, 0.15) is 0 Å². The van der Waals surface area contributed by atoms with Crippen LogP contribution in [0.3, 0.4) is 0 Å². The van der Waals surface area contributed by atoms with Crippen molar-refractivity contribution in [1.82, 2.24) is 10.9 Å². The van der Waals surface area contributed by atoms with Gasteiger partial charge in [-0.1, -0.05) is 12.8 Å². The van der Waals surface area contributed by atoms with Crippen LogP contribution in [-0.4, -0.2) is 12.6 Å². The summed E-state index contributed by atoms with van der Waals surface area (Å²) in [7, 11) is 0. The summed E-state index contributed by atoms with van der Waals surface area (Å²) in [5, 5.41) is 0. The fourth-order valence-corrected chi connectivity index (χ4v) is 2.22. The van der Waals surface area contributed by atoms with Crippen molar-refractivity contribution in [3.05, 3.63) is 0 Å². The average Bonchev–Trinajstić information content (AvgIpc) is 2.59. The Labute approximate surface area is 62.4 Å². The molecule has 0 aromatic heterocycles. The zero-order valence-electron chi connectivity index (χ0n) is 6.40. The van der Waals surface area contributed by atoms with E-state index in [1.807, 2.05) is 0 Å². The summed E-state index contributed by atoms with van der Waals surface area (Å²) >= 11 is 0. The maximum absolute atomic E-state index is 3.35. The van der Waals surface area contributed by atoms with E-state index in [0.29, 0.717) is 0 Å². The van der Waals surface area contributed by atoms with Crippen molar-refractivity contribution in [3.63, 3.8) is 0 Å². The third-order valence-corrected chi connectivity index (χ3v) is 2.84. The van der Waals surface area contributed by atoms with E-state index in [9.17, 15) is 0 Å². The van der Waals surface area contributed by atoms with E-state index < -0.39 is 0 Å². The first-order valence-electron chi connectivity index (χ1n) is 4.45.